The van der Waals surface area contributed by atoms with E-state index in [1.54, 1.807) is 0 Å². The molecule has 0 spiro atoms. The fourth-order valence-corrected chi connectivity index (χ4v) is 2.00. The van der Waals surface area contributed by atoms with Gasteiger partial charge >= 0.3 is 5.97 Å². The molecular formula is C21H32O2. The SMILES string of the molecule is C=C(C(=O)Oc1cc(C(C)(C)C)cc(C(C)(C)C)c1)C(C)(C)C. The lowest BCUT2D eigenvalue weighted by Crippen LogP contribution is -2.22. The molecule has 0 N–H and O–H groups in total. The molecule has 0 atom stereocenters. The summed E-state index contributed by atoms with van der Waals surface area (Å²) in [6, 6.07) is 6.13. The monoisotopic (exact) mass is 316 g/mol. The zero-order chi connectivity index (χ0) is 18.2. The van der Waals surface area contributed by atoms with E-state index in [0.29, 0.717) is 11.3 Å². The van der Waals surface area contributed by atoms with Crippen LogP contribution in [0.4, 0.5) is 0 Å². The summed E-state index contributed by atoms with van der Waals surface area (Å²) in [5, 5.41) is 0. The molecule has 128 valence electrons. The van der Waals surface area contributed by atoms with E-state index in [2.05, 4.69) is 54.2 Å². The molecule has 0 aliphatic heterocycles. The van der Waals surface area contributed by atoms with Gasteiger partial charge in [-0.25, -0.2) is 4.79 Å². The minimum Gasteiger partial charge on any atom is -0.423 e. The highest BCUT2D eigenvalue weighted by Gasteiger charge is 2.25. The number of carbonyl (C=O) groups excluding carboxylic acids is 1. The van der Waals surface area contributed by atoms with E-state index in [0.717, 1.165) is 11.1 Å². The molecule has 2 nitrogen and oxygen atoms in total. The summed E-state index contributed by atoms with van der Waals surface area (Å²) >= 11 is 0. The van der Waals surface area contributed by atoms with Crippen molar-refractivity contribution in [2.75, 3.05) is 0 Å². The van der Waals surface area contributed by atoms with Gasteiger partial charge in [0, 0.05) is 5.57 Å². The Morgan fingerprint density at radius 2 is 1.22 bits per heavy atom. The van der Waals surface area contributed by atoms with Crippen molar-refractivity contribution in [3.8, 4) is 5.75 Å². The number of hydrogen-bond donors (Lipinski definition) is 0. The smallest absolute Gasteiger partial charge is 0.339 e. The minimum absolute atomic E-state index is 0.0105. The molecule has 0 saturated heterocycles. The fraction of sp³-hybridized carbons (Fsp3) is 0.571. The van der Waals surface area contributed by atoms with E-state index in [1.807, 2.05) is 32.9 Å². The van der Waals surface area contributed by atoms with Gasteiger partial charge in [-0.1, -0.05) is 75.0 Å². The van der Waals surface area contributed by atoms with Crippen LogP contribution in [0.15, 0.2) is 30.4 Å². The second kappa shape index (κ2) is 6.14. The molecule has 0 heterocycles. The lowest BCUT2D eigenvalue weighted by molar-refractivity contribution is -0.131. The first kappa shape index (κ1) is 19.5. The predicted molar refractivity (Wildman–Crippen MR) is 98.1 cm³/mol. The van der Waals surface area contributed by atoms with Crippen molar-refractivity contribution in [3.05, 3.63) is 41.5 Å². The summed E-state index contributed by atoms with van der Waals surface area (Å²) in [5.41, 5.74) is 2.48. The van der Waals surface area contributed by atoms with Crippen LogP contribution in [0.25, 0.3) is 0 Å². The first-order valence-corrected chi connectivity index (χ1v) is 8.20. The number of ether oxygens (including phenoxy) is 1. The Morgan fingerprint density at radius 1 is 0.826 bits per heavy atom. The number of rotatable bonds is 2. The normalized spacial score (nSPS) is 12.9. The van der Waals surface area contributed by atoms with Crippen molar-refractivity contribution in [1.82, 2.24) is 0 Å². The lowest BCUT2D eigenvalue weighted by atomic mass is 9.80. The lowest BCUT2D eigenvalue weighted by Gasteiger charge is -2.26. The topological polar surface area (TPSA) is 26.3 Å². The van der Waals surface area contributed by atoms with Crippen molar-refractivity contribution >= 4 is 5.97 Å². The highest BCUT2D eigenvalue weighted by atomic mass is 16.5. The molecule has 0 unspecified atom stereocenters. The summed E-state index contributed by atoms with van der Waals surface area (Å²) in [6.07, 6.45) is 0. The van der Waals surface area contributed by atoms with Crippen molar-refractivity contribution < 1.29 is 9.53 Å². The van der Waals surface area contributed by atoms with E-state index in [4.69, 9.17) is 4.74 Å². The average Bonchev–Trinajstić information content (AvgIpc) is 2.34. The fourth-order valence-electron chi connectivity index (χ4n) is 2.00. The van der Waals surface area contributed by atoms with Gasteiger partial charge in [0.15, 0.2) is 0 Å². The molecule has 1 rings (SSSR count). The predicted octanol–water partition coefficient (Wildman–Crippen LogP) is 5.79. The summed E-state index contributed by atoms with van der Waals surface area (Å²) < 4.78 is 5.64. The molecule has 1 aromatic carbocycles. The van der Waals surface area contributed by atoms with Crippen molar-refractivity contribution in [2.24, 2.45) is 5.41 Å². The quantitative estimate of drug-likeness (QED) is 0.392. The molecule has 0 fully saturated rings. The van der Waals surface area contributed by atoms with Crippen molar-refractivity contribution in [1.29, 1.82) is 0 Å². The number of benzene rings is 1. The minimum atomic E-state index is -0.358. The van der Waals surface area contributed by atoms with E-state index >= 15 is 0 Å². The summed E-state index contributed by atoms with van der Waals surface area (Å²) in [4.78, 5) is 12.4. The molecule has 0 aromatic heterocycles. The Bertz CT molecular complexity index is 570. The van der Waals surface area contributed by atoms with Crippen LogP contribution in [0.2, 0.25) is 0 Å². The van der Waals surface area contributed by atoms with Crippen LogP contribution in [0.5, 0.6) is 5.75 Å². The molecule has 0 amide bonds. The first-order chi connectivity index (χ1) is 10.1. The third-order valence-corrected chi connectivity index (χ3v) is 4.00. The first-order valence-electron chi connectivity index (χ1n) is 8.20. The maximum Gasteiger partial charge on any atom is 0.339 e. The van der Waals surface area contributed by atoms with Crippen LogP contribution in [0.3, 0.4) is 0 Å². The van der Waals surface area contributed by atoms with Gasteiger partial charge in [0.1, 0.15) is 5.75 Å². The van der Waals surface area contributed by atoms with Gasteiger partial charge in [0.25, 0.3) is 0 Å². The van der Waals surface area contributed by atoms with Crippen molar-refractivity contribution in [2.45, 2.75) is 73.1 Å². The second-order valence-electron chi connectivity index (χ2n) is 9.36. The second-order valence-corrected chi connectivity index (χ2v) is 9.36. The molecular weight excluding hydrogens is 284 g/mol. The molecule has 0 aliphatic carbocycles. The van der Waals surface area contributed by atoms with Gasteiger partial charge in [-0.05, 0) is 39.5 Å². The number of carbonyl (C=O) groups is 1. The summed E-state index contributed by atoms with van der Waals surface area (Å²) in [7, 11) is 0. The maximum atomic E-state index is 12.4. The average molecular weight is 316 g/mol. The molecule has 2 heteroatoms. The molecule has 23 heavy (non-hydrogen) atoms. The standard InChI is InChI=1S/C21H32O2/c1-14(19(2,3)4)18(22)23-17-12-15(20(5,6)7)11-16(13-17)21(8,9)10/h11-13H,1H2,2-10H3. The molecule has 0 bridgehead atoms. The molecule has 1 aromatic rings. The van der Waals surface area contributed by atoms with Crippen LogP contribution in [0, 0.1) is 5.41 Å². The highest BCUT2D eigenvalue weighted by molar-refractivity contribution is 5.90. The highest BCUT2D eigenvalue weighted by Crippen LogP contribution is 2.34. The van der Waals surface area contributed by atoms with Gasteiger partial charge < -0.3 is 4.74 Å². The van der Waals surface area contributed by atoms with Crippen LogP contribution in [-0.2, 0) is 15.6 Å². The third-order valence-electron chi connectivity index (χ3n) is 4.00. The van der Waals surface area contributed by atoms with Crippen LogP contribution < -0.4 is 4.74 Å². The largest absolute Gasteiger partial charge is 0.423 e. The summed E-state index contributed by atoms with van der Waals surface area (Å²) in [6.45, 7) is 22.7. The molecule has 0 saturated carbocycles. The van der Waals surface area contributed by atoms with E-state index in [-0.39, 0.29) is 22.2 Å². The number of esters is 1. The van der Waals surface area contributed by atoms with E-state index in [9.17, 15) is 4.79 Å². The Balaban J connectivity index is 3.26. The number of hydrogen-bond acceptors (Lipinski definition) is 2. The van der Waals surface area contributed by atoms with Crippen LogP contribution in [-0.4, -0.2) is 5.97 Å². The van der Waals surface area contributed by atoms with Gasteiger partial charge in [0.2, 0.25) is 0 Å². The Morgan fingerprint density at radius 3 is 1.52 bits per heavy atom. The van der Waals surface area contributed by atoms with Crippen molar-refractivity contribution in [3.63, 3.8) is 0 Å². The zero-order valence-corrected chi connectivity index (χ0v) is 16.3. The van der Waals surface area contributed by atoms with E-state index in [1.165, 1.54) is 0 Å². The molecule has 0 radical (unpaired) electrons. The Labute approximate surface area is 141 Å². The van der Waals surface area contributed by atoms with Gasteiger partial charge in [-0.15, -0.1) is 0 Å². The summed E-state index contributed by atoms with van der Waals surface area (Å²) in [5.74, 6) is 0.237. The van der Waals surface area contributed by atoms with Gasteiger partial charge in [0.05, 0.1) is 0 Å². The Hall–Kier alpha value is -1.57. The van der Waals surface area contributed by atoms with Gasteiger partial charge in [-0.2, -0.15) is 0 Å². The van der Waals surface area contributed by atoms with Gasteiger partial charge in [-0.3, -0.25) is 0 Å². The van der Waals surface area contributed by atoms with E-state index < -0.39 is 0 Å². The third kappa shape index (κ3) is 5.23. The maximum absolute atomic E-state index is 12.4. The van der Waals surface area contributed by atoms with Crippen LogP contribution >= 0.6 is 0 Å². The van der Waals surface area contributed by atoms with Crippen LogP contribution in [0.1, 0.15) is 73.4 Å². The Kier molecular flexibility index (Phi) is 5.20. The molecule has 0 aliphatic rings. The zero-order valence-electron chi connectivity index (χ0n) is 16.3.